The van der Waals surface area contributed by atoms with Crippen molar-refractivity contribution in [3.63, 3.8) is 0 Å². The monoisotopic (exact) mass is 1160 g/mol. The predicted octanol–water partition coefficient (Wildman–Crippen LogP) is 24.8. The second kappa shape index (κ2) is 70.8. The molecule has 0 saturated carbocycles. The number of hydrogen-bond donors (Lipinski definition) is 0. The van der Waals surface area contributed by atoms with Crippen LogP contribution >= 0.6 is 0 Å². The zero-order valence-corrected chi connectivity index (χ0v) is 54.9. The van der Waals surface area contributed by atoms with Gasteiger partial charge < -0.3 is 14.2 Å². The van der Waals surface area contributed by atoms with Crippen molar-refractivity contribution in [3.8, 4) is 0 Å². The van der Waals surface area contributed by atoms with Crippen molar-refractivity contribution in [2.45, 2.75) is 361 Å². The van der Waals surface area contributed by atoms with Crippen molar-refractivity contribution in [2.24, 2.45) is 0 Å². The van der Waals surface area contributed by atoms with E-state index in [1.807, 2.05) is 0 Å². The highest BCUT2D eigenvalue weighted by atomic mass is 16.6. The van der Waals surface area contributed by atoms with E-state index in [0.29, 0.717) is 19.3 Å². The molecule has 0 bridgehead atoms. The van der Waals surface area contributed by atoms with Crippen LogP contribution in [0.4, 0.5) is 0 Å². The molecule has 6 nitrogen and oxygen atoms in total. The molecule has 0 spiro atoms. The Balaban J connectivity index is 4.42. The van der Waals surface area contributed by atoms with Crippen LogP contribution in [0, 0.1) is 0 Å². The molecule has 0 fully saturated rings. The number of carbonyl (C=O) groups excluding carboxylic acids is 3. The zero-order chi connectivity index (χ0) is 59.9. The molecule has 83 heavy (non-hydrogen) atoms. The molecule has 478 valence electrons. The van der Waals surface area contributed by atoms with Crippen LogP contribution in [0.2, 0.25) is 0 Å². The van der Waals surface area contributed by atoms with Crippen molar-refractivity contribution in [2.75, 3.05) is 13.2 Å². The van der Waals surface area contributed by atoms with Crippen LogP contribution in [0.5, 0.6) is 0 Å². The first-order valence-electron chi connectivity index (χ1n) is 35.7. The molecule has 0 aliphatic heterocycles. The van der Waals surface area contributed by atoms with Gasteiger partial charge in [0.25, 0.3) is 0 Å². The molecule has 0 aliphatic rings. The lowest BCUT2D eigenvalue weighted by Gasteiger charge is -2.18. The minimum atomic E-state index is -0.795. The summed E-state index contributed by atoms with van der Waals surface area (Å²) < 4.78 is 17.0. The quantitative estimate of drug-likeness (QED) is 0.0261. The topological polar surface area (TPSA) is 78.9 Å². The minimum absolute atomic E-state index is 0.0865. The Bertz CT molecular complexity index is 1610. The van der Waals surface area contributed by atoms with Gasteiger partial charge in [-0.05, 0) is 83.5 Å². The van der Waals surface area contributed by atoms with E-state index >= 15 is 0 Å². The molecule has 0 radical (unpaired) electrons. The summed E-state index contributed by atoms with van der Waals surface area (Å²) >= 11 is 0. The van der Waals surface area contributed by atoms with Gasteiger partial charge in [-0.15, -0.1) is 0 Å². The molecule has 0 heterocycles. The molecule has 0 rings (SSSR count). The Kier molecular flexibility index (Phi) is 67.7. The van der Waals surface area contributed by atoms with Crippen LogP contribution in [0.1, 0.15) is 355 Å². The normalized spacial score (nSPS) is 12.7. The average molecular weight is 1160 g/mol. The van der Waals surface area contributed by atoms with E-state index in [4.69, 9.17) is 14.2 Å². The molecule has 0 aromatic rings. The summed E-state index contributed by atoms with van der Waals surface area (Å²) in [5.74, 6) is -0.911. The third-order valence-electron chi connectivity index (χ3n) is 15.6. The molecular formula is C77H134O6. The standard InChI is InChI=1S/C77H134O6/c1-4-7-10-13-16-19-22-25-28-31-34-35-36-37-38-39-40-41-44-46-49-52-55-58-61-64-67-70-76(79)82-73-74(83-77(80)71-68-65-62-59-56-53-50-47-43-33-30-27-24-21-18-15-12-9-6-3)72-81-75(78)69-66-63-60-57-54-51-48-45-42-32-29-26-23-20-17-14-11-8-5-2/h7,10,16,19,25,28,34-35,37-38,40-41,46,49,55,58,74H,4-6,8-9,11-15,17-18,20-24,26-27,29-33,36,39,42-45,47-48,50-54,56-57,59-73H2,1-3H3/b10-7-,19-16-,28-25-,35-34-,38-37-,41-40-,49-46-,58-55-. The van der Waals surface area contributed by atoms with Crippen LogP contribution in [0.15, 0.2) is 97.2 Å². The van der Waals surface area contributed by atoms with Crippen molar-refractivity contribution in [1.82, 2.24) is 0 Å². The molecule has 0 saturated heterocycles. The highest BCUT2D eigenvalue weighted by Gasteiger charge is 2.19. The highest BCUT2D eigenvalue weighted by molar-refractivity contribution is 5.71. The molecule has 1 atom stereocenters. The van der Waals surface area contributed by atoms with Crippen LogP contribution in [0.25, 0.3) is 0 Å². The van der Waals surface area contributed by atoms with Gasteiger partial charge in [-0.1, -0.05) is 349 Å². The van der Waals surface area contributed by atoms with Crippen molar-refractivity contribution < 1.29 is 28.6 Å². The molecule has 0 aliphatic carbocycles. The van der Waals surface area contributed by atoms with Gasteiger partial charge in [-0.2, -0.15) is 0 Å². The molecule has 0 aromatic carbocycles. The van der Waals surface area contributed by atoms with E-state index in [9.17, 15) is 14.4 Å². The van der Waals surface area contributed by atoms with Gasteiger partial charge in [0.05, 0.1) is 0 Å². The minimum Gasteiger partial charge on any atom is -0.462 e. The van der Waals surface area contributed by atoms with Crippen LogP contribution in [-0.2, 0) is 28.6 Å². The highest BCUT2D eigenvalue weighted by Crippen LogP contribution is 2.18. The summed E-state index contributed by atoms with van der Waals surface area (Å²) in [5, 5.41) is 0. The maximum atomic E-state index is 13.0. The lowest BCUT2D eigenvalue weighted by molar-refractivity contribution is -0.167. The van der Waals surface area contributed by atoms with E-state index in [1.54, 1.807) is 0 Å². The number of rotatable bonds is 65. The SMILES string of the molecule is CC/C=C\C/C=C\C/C=C\C/C=C\C/C=C\C/C=C\C/C=C\C/C=C\CCCCC(=O)OCC(COC(=O)CCCCCCCCCCCCCCCCCCCCC)OC(=O)CCCCCCCCCCCCCCCCCCCCC. The Morgan fingerprint density at radius 1 is 0.253 bits per heavy atom. The van der Waals surface area contributed by atoms with E-state index in [2.05, 4.69) is 118 Å². The van der Waals surface area contributed by atoms with Gasteiger partial charge in [-0.25, -0.2) is 0 Å². The summed E-state index contributed by atoms with van der Waals surface area (Å²) in [7, 11) is 0. The maximum Gasteiger partial charge on any atom is 0.306 e. The molecule has 0 aromatic heterocycles. The van der Waals surface area contributed by atoms with Gasteiger partial charge in [0, 0.05) is 19.3 Å². The molecule has 0 N–H and O–H groups in total. The van der Waals surface area contributed by atoms with Crippen LogP contribution < -0.4 is 0 Å². The third kappa shape index (κ3) is 69.0. The van der Waals surface area contributed by atoms with Crippen LogP contribution in [-0.4, -0.2) is 37.2 Å². The fourth-order valence-corrected chi connectivity index (χ4v) is 10.3. The number of hydrogen-bond acceptors (Lipinski definition) is 6. The second-order valence-electron chi connectivity index (χ2n) is 23.8. The summed E-state index contributed by atoms with van der Waals surface area (Å²) in [6.45, 7) is 6.55. The van der Waals surface area contributed by atoms with E-state index in [-0.39, 0.29) is 31.1 Å². The predicted molar refractivity (Wildman–Crippen MR) is 362 cm³/mol. The van der Waals surface area contributed by atoms with E-state index in [0.717, 1.165) is 109 Å². The second-order valence-corrected chi connectivity index (χ2v) is 23.8. The maximum absolute atomic E-state index is 13.0. The number of esters is 3. The fraction of sp³-hybridized carbons (Fsp3) is 0.753. The molecule has 1 unspecified atom stereocenters. The first-order chi connectivity index (χ1) is 41.0. The summed E-state index contributed by atoms with van der Waals surface area (Å²) in [6.07, 6.45) is 95.7. The lowest BCUT2D eigenvalue weighted by atomic mass is 10.0. The first-order valence-corrected chi connectivity index (χ1v) is 35.7. The van der Waals surface area contributed by atoms with Gasteiger partial charge in [0.1, 0.15) is 13.2 Å². The molecular weight excluding hydrogens is 1020 g/mol. The summed E-state index contributed by atoms with van der Waals surface area (Å²) in [6, 6.07) is 0. The summed E-state index contributed by atoms with van der Waals surface area (Å²) in [5.41, 5.74) is 0. The van der Waals surface area contributed by atoms with Crippen LogP contribution in [0.3, 0.4) is 0 Å². The molecule has 0 amide bonds. The Morgan fingerprint density at radius 2 is 0.470 bits per heavy atom. The van der Waals surface area contributed by atoms with E-state index < -0.39 is 6.10 Å². The number of ether oxygens (including phenoxy) is 3. The Labute approximate surface area is 515 Å². The van der Waals surface area contributed by atoms with Gasteiger partial charge in [0.15, 0.2) is 6.10 Å². The average Bonchev–Trinajstić information content (AvgIpc) is 3.50. The first kappa shape index (κ1) is 79.3. The molecule has 6 heteroatoms. The number of allylic oxidation sites excluding steroid dienone is 16. The van der Waals surface area contributed by atoms with Gasteiger partial charge in [-0.3, -0.25) is 14.4 Å². The lowest BCUT2D eigenvalue weighted by Crippen LogP contribution is -2.30. The zero-order valence-electron chi connectivity index (χ0n) is 54.9. The number of carbonyl (C=O) groups is 3. The van der Waals surface area contributed by atoms with Crippen molar-refractivity contribution in [3.05, 3.63) is 97.2 Å². The van der Waals surface area contributed by atoms with E-state index in [1.165, 1.54) is 205 Å². The fourth-order valence-electron chi connectivity index (χ4n) is 10.3. The smallest absolute Gasteiger partial charge is 0.306 e. The Hall–Kier alpha value is -3.67. The number of unbranched alkanes of at least 4 members (excludes halogenated alkanes) is 38. The van der Waals surface area contributed by atoms with Crippen molar-refractivity contribution >= 4 is 17.9 Å². The van der Waals surface area contributed by atoms with Gasteiger partial charge >= 0.3 is 17.9 Å². The Morgan fingerprint density at radius 3 is 0.735 bits per heavy atom. The third-order valence-corrected chi connectivity index (χ3v) is 15.6. The van der Waals surface area contributed by atoms with Gasteiger partial charge in [0.2, 0.25) is 0 Å². The van der Waals surface area contributed by atoms with Crippen molar-refractivity contribution in [1.29, 1.82) is 0 Å². The largest absolute Gasteiger partial charge is 0.462 e. The summed E-state index contributed by atoms with van der Waals surface area (Å²) in [4.78, 5) is 38.5.